The van der Waals surface area contributed by atoms with Gasteiger partial charge in [0.2, 0.25) is 0 Å². The molecule has 5 heteroatoms. The molecule has 0 bridgehead atoms. The molecule has 0 spiro atoms. The largest absolute Gasteiger partial charge is 0.511 e. The number of aliphatic hydroxyl groups excluding tert-OH is 2. The van der Waals surface area contributed by atoms with Crippen molar-refractivity contribution >= 4 is 23.3 Å². The molecule has 0 atom stereocenters. The average molecular weight is 254 g/mol. The lowest BCUT2D eigenvalue weighted by atomic mass is 10.0. The van der Waals surface area contributed by atoms with Crippen molar-refractivity contribution in [3.8, 4) is 0 Å². The fourth-order valence-electron chi connectivity index (χ4n) is 1.94. The number of allylic oxidation sites excluding steroid dienone is 4. The predicted molar refractivity (Wildman–Crippen MR) is 64.6 cm³/mol. The summed E-state index contributed by atoms with van der Waals surface area (Å²) in [5, 5.41) is 19.3. The SMILES string of the molecule is O=C1CCCC(O)=C1SC1=C(O)CCCC1=O. The molecule has 0 radical (unpaired) electrons. The number of aliphatic hydroxyl groups is 2. The van der Waals surface area contributed by atoms with E-state index in [-0.39, 0.29) is 32.9 Å². The number of hydrogen-bond acceptors (Lipinski definition) is 5. The third kappa shape index (κ3) is 2.54. The summed E-state index contributed by atoms with van der Waals surface area (Å²) in [6.45, 7) is 0. The number of hydrogen-bond donors (Lipinski definition) is 2. The summed E-state index contributed by atoms with van der Waals surface area (Å²) in [5.41, 5.74) is 0. The number of rotatable bonds is 2. The second-order valence-electron chi connectivity index (χ2n) is 4.21. The Morgan fingerprint density at radius 2 is 1.18 bits per heavy atom. The van der Waals surface area contributed by atoms with Crippen molar-refractivity contribution in [2.45, 2.75) is 38.5 Å². The monoisotopic (exact) mass is 254 g/mol. The standard InChI is InChI=1S/C12H14O4S/c13-7-3-1-4-8(14)11(7)17-12-9(15)5-2-6-10(12)16/h13,15H,1-6H2. The van der Waals surface area contributed by atoms with Crippen LogP contribution in [0.25, 0.3) is 0 Å². The van der Waals surface area contributed by atoms with Crippen LogP contribution in [0, 0.1) is 0 Å². The third-order valence-corrected chi connectivity index (χ3v) is 4.20. The molecule has 0 fully saturated rings. The van der Waals surface area contributed by atoms with E-state index >= 15 is 0 Å². The van der Waals surface area contributed by atoms with Gasteiger partial charge in [-0.3, -0.25) is 9.59 Å². The highest BCUT2D eigenvalue weighted by Crippen LogP contribution is 2.38. The molecule has 0 saturated heterocycles. The molecule has 2 aliphatic rings. The first-order valence-corrected chi connectivity index (χ1v) is 6.49. The molecule has 2 aliphatic carbocycles. The number of thioether (sulfide) groups is 1. The van der Waals surface area contributed by atoms with E-state index in [0.717, 1.165) is 11.8 Å². The zero-order valence-electron chi connectivity index (χ0n) is 9.36. The Balaban J connectivity index is 2.26. The van der Waals surface area contributed by atoms with Gasteiger partial charge in [-0.05, 0) is 12.8 Å². The Labute approximate surface area is 103 Å². The molecule has 0 amide bonds. The van der Waals surface area contributed by atoms with E-state index in [1.165, 1.54) is 0 Å². The molecular weight excluding hydrogens is 240 g/mol. The maximum atomic E-state index is 11.6. The summed E-state index contributed by atoms with van der Waals surface area (Å²) in [6, 6.07) is 0. The van der Waals surface area contributed by atoms with Crippen LogP contribution < -0.4 is 0 Å². The van der Waals surface area contributed by atoms with Gasteiger partial charge in [-0.1, -0.05) is 11.8 Å². The van der Waals surface area contributed by atoms with E-state index in [1.54, 1.807) is 0 Å². The van der Waals surface area contributed by atoms with E-state index in [0.29, 0.717) is 38.5 Å². The second kappa shape index (κ2) is 4.96. The molecule has 4 nitrogen and oxygen atoms in total. The van der Waals surface area contributed by atoms with Crippen molar-refractivity contribution in [3.63, 3.8) is 0 Å². The van der Waals surface area contributed by atoms with Crippen LogP contribution in [-0.4, -0.2) is 21.8 Å². The lowest BCUT2D eigenvalue weighted by Crippen LogP contribution is -2.14. The average Bonchev–Trinajstić information content (AvgIpc) is 2.27. The quantitative estimate of drug-likeness (QED) is 0.792. The number of carbonyl (C=O) groups excluding carboxylic acids is 2. The molecule has 2 rings (SSSR count). The molecule has 92 valence electrons. The number of Topliss-reactive ketones (excluding diaryl/α,β-unsaturated/α-hetero) is 2. The van der Waals surface area contributed by atoms with E-state index in [1.807, 2.05) is 0 Å². The molecule has 0 aromatic rings. The summed E-state index contributed by atoms with van der Waals surface area (Å²) in [4.78, 5) is 23.7. The molecule has 0 aromatic heterocycles. The summed E-state index contributed by atoms with van der Waals surface area (Å²) in [6.07, 6.45) is 3.03. The van der Waals surface area contributed by atoms with Gasteiger partial charge in [0.1, 0.15) is 11.5 Å². The number of carbonyl (C=O) groups is 2. The van der Waals surface area contributed by atoms with Crippen LogP contribution in [0.1, 0.15) is 38.5 Å². The molecule has 0 aromatic carbocycles. The first kappa shape index (κ1) is 12.2. The van der Waals surface area contributed by atoms with Gasteiger partial charge < -0.3 is 10.2 Å². The normalized spacial score (nSPS) is 22.4. The zero-order valence-corrected chi connectivity index (χ0v) is 10.2. The highest BCUT2D eigenvalue weighted by Gasteiger charge is 2.27. The van der Waals surface area contributed by atoms with Gasteiger partial charge in [0, 0.05) is 25.7 Å². The minimum atomic E-state index is -0.141. The predicted octanol–water partition coefficient (Wildman–Crippen LogP) is 2.76. The first-order chi connectivity index (χ1) is 8.09. The fraction of sp³-hybridized carbons (Fsp3) is 0.500. The van der Waals surface area contributed by atoms with Crippen LogP contribution >= 0.6 is 11.8 Å². The third-order valence-electron chi connectivity index (χ3n) is 2.87. The van der Waals surface area contributed by atoms with Crippen molar-refractivity contribution in [2.24, 2.45) is 0 Å². The van der Waals surface area contributed by atoms with Crippen LogP contribution in [-0.2, 0) is 9.59 Å². The Bertz CT molecular complexity index is 394. The Kier molecular flexibility index (Phi) is 3.57. The molecular formula is C12H14O4S. The second-order valence-corrected chi connectivity index (χ2v) is 5.23. The molecule has 0 unspecified atom stereocenters. The molecule has 0 aliphatic heterocycles. The minimum Gasteiger partial charge on any atom is -0.511 e. The van der Waals surface area contributed by atoms with Crippen molar-refractivity contribution in [3.05, 3.63) is 21.3 Å². The highest BCUT2D eigenvalue weighted by atomic mass is 32.2. The first-order valence-electron chi connectivity index (χ1n) is 5.68. The molecule has 2 N–H and O–H groups in total. The van der Waals surface area contributed by atoms with Crippen LogP contribution in [0.3, 0.4) is 0 Å². The summed E-state index contributed by atoms with van der Waals surface area (Å²) in [5.74, 6) is -0.190. The summed E-state index contributed by atoms with van der Waals surface area (Å²) >= 11 is 0.934. The van der Waals surface area contributed by atoms with E-state index in [9.17, 15) is 19.8 Å². The van der Waals surface area contributed by atoms with Crippen LogP contribution in [0.5, 0.6) is 0 Å². The Morgan fingerprint density at radius 3 is 1.53 bits per heavy atom. The molecule has 0 heterocycles. The topological polar surface area (TPSA) is 74.6 Å². The van der Waals surface area contributed by atoms with Crippen LogP contribution in [0.4, 0.5) is 0 Å². The van der Waals surface area contributed by atoms with Crippen molar-refractivity contribution in [2.75, 3.05) is 0 Å². The van der Waals surface area contributed by atoms with Gasteiger partial charge in [-0.2, -0.15) is 0 Å². The molecule has 0 saturated carbocycles. The van der Waals surface area contributed by atoms with E-state index < -0.39 is 0 Å². The van der Waals surface area contributed by atoms with E-state index in [2.05, 4.69) is 0 Å². The minimum absolute atomic E-state index is 0.0462. The van der Waals surface area contributed by atoms with Gasteiger partial charge in [0.05, 0.1) is 9.81 Å². The summed E-state index contributed by atoms with van der Waals surface area (Å²) in [7, 11) is 0. The Morgan fingerprint density at radius 1 is 0.765 bits per heavy atom. The smallest absolute Gasteiger partial charge is 0.172 e. The Hall–Kier alpha value is -1.23. The highest BCUT2D eigenvalue weighted by molar-refractivity contribution is 8.08. The lowest BCUT2D eigenvalue weighted by Gasteiger charge is -2.18. The van der Waals surface area contributed by atoms with Gasteiger partial charge in [-0.25, -0.2) is 0 Å². The number of ketones is 2. The van der Waals surface area contributed by atoms with Gasteiger partial charge in [-0.15, -0.1) is 0 Å². The van der Waals surface area contributed by atoms with Crippen molar-refractivity contribution in [1.82, 2.24) is 0 Å². The van der Waals surface area contributed by atoms with Gasteiger partial charge >= 0.3 is 0 Å². The maximum absolute atomic E-state index is 11.6. The lowest BCUT2D eigenvalue weighted by molar-refractivity contribution is -0.116. The van der Waals surface area contributed by atoms with Crippen LogP contribution in [0.15, 0.2) is 21.3 Å². The zero-order chi connectivity index (χ0) is 12.4. The van der Waals surface area contributed by atoms with Gasteiger partial charge in [0.15, 0.2) is 11.6 Å². The fourth-order valence-corrected chi connectivity index (χ4v) is 3.02. The molecule has 17 heavy (non-hydrogen) atoms. The maximum Gasteiger partial charge on any atom is 0.172 e. The van der Waals surface area contributed by atoms with E-state index in [4.69, 9.17) is 0 Å². The summed E-state index contributed by atoms with van der Waals surface area (Å²) < 4.78 is 0. The van der Waals surface area contributed by atoms with Crippen LogP contribution in [0.2, 0.25) is 0 Å². The van der Waals surface area contributed by atoms with Crippen molar-refractivity contribution < 1.29 is 19.8 Å². The van der Waals surface area contributed by atoms with Gasteiger partial charge in [0.25, 0.3) is 0 Å². The van der Waals surface area contributed by atoms with Crippen molar-refractivity contribution in [1.29, 1.82) is 0 Å².